The Morgan fingerprint density at radius 3 is 2.11 bits per heavy atom. The van der Waals surface area contributed by atoms with Gasteiger partial charge in [-0.1, -0.05) is 15.9 Å². The summed E-state index contributed by atoms with van der Waals surface area (Å²) in [6, 6.07) is 10.1. The summed E-state index contributed by atoms with van der Waals surface area (Å²) in [6.07, 6.45) is 0. The van der Waals surface area contributed by atoms with E-state index in [1.165, 1.54) is 6.07 Å². The van der Waals surface area contributed by atoms with E-state index in [1.807, 2.05) is 0 Å². The summed E-state index contributed by atoms with van der Waals surface area (Å²) < 4.78 is 25.0. The van der Waals surface area contributed by atoms with Gasteiger partial charge in [-0.15, -0.1) is 0 Å². The lowest BCUT2D eigenvalue weighted by Gasteiger charge is -2.09. The Morgan fingerprint density at radius 1 is 0.944 bits per heavy atom. The molecule has 18 heavy (non-hydrogen) atoms. The zero-order valence-electron chi connectivity index (χ0n) is 10.0. The number of methoxy groups -OCH3 is 2. The topological polar surface area (TPSA) is 18.5 Å². The second-order valence-electron chi connectivity index (χ2n) is 3.73. The van der Waals surface area contributed by atoms with E-state index in [-0.39, 0.29) is 5.82 Å². The van der Waals surface area contributed by atoms with Crippen molar-refractivity contribution in [3.05, 3.63) is 46.7 Å². The lowest BCUT2D eigenvalue weighted by Crippen LogP contribution is -1.90. The minimum absolute atomic E-state index is 0.284. The molecule has 0 aromatic heterocycles. The molecule has 2 aromatic rings. The molecule has 0 radical (unpaired) electrons. The maximum atomic E-state index is 13.8. The second kappa shape index (κ2) is 5.40. The molecule has 0 aliphatic carbocycles. The molecule has 0 saturated heterocycles. The SMILES string of the molecule is COc1cc(OC)cc(-c2cc(Br)ccc2F)c1. The average Bonchev–Trinajstić information content (AvgIpc) is 2.40. The van der Waals surface area contributed by atoms with Gasteiger partial charge in [0.2, 0.25) is 0 Å². The third kappa shape index (κ3) is 2.64. The summed E-state index contributed by atoms with van der Waals surface area (Å²) in [5.41, 5.74) is 1.21. The van der Waals surface area contributed by atoms with Crippen molar-refractivity contribution >= 4 is 15.9 Å². The normalized spacial score (nSPS) is 10.2. The van der Waals surface area contributed by atoms with Crippen molar-refractivity contribution in [2.45, 2.75) is 0 Å². The standard InChI is InChI=1S/C14H12BrFO2/c1-17-11-5-9(6-12(8-11)18-2)13-7-10(15)3-4-14(13)16/h3-8H,1-2H3. The Bertz CT molecular complexity index is 547. The van der Waals surface area contributed by atoms with Gasteiger partial charge in [0.1, 0.15) is 17.3 Å². The van der Waals surface area contributed by atoms with Crippen LogP contribution < -0.4 is 9.47 Å². The lowest BCUT2D eigenvalue weighted by molar-refractivity contribution is 0.394. The van der Waals surface area contributed by atoms with Crippen molar-refractivity contribution in [1.29, 1.82) is 0 Å². The highest BCUT2D eigenvalue weighted by molar-refractivity contribution is 9.10. The molecule has 94 valence electrons. The second-order valence-corrected chi connectivity index (χ2v) is 4.64. The Morgan fingerprint density at radius 2 is 1.56 bits per heavy atom. The number of benzene rings is 2. The van der Waals surface area contributed by atoms with Crippen LogP contribution in [0, 0.1) is 5.82 Å². The van der Waals surface area contributed by atoms with Crippen LogP contribution in [0.4, 0.5) is 4.39 Å². The van der Waals surface area contributed by atoms with E-state index in [0.717, 1.165) is 4.47 Å². The lowest BCUT2D eigenvalue weighted by atomic mass is 10.0. The van der Waals surface area contributed by atoms with Gasteiger partial charge >= 0.3 is 0 Å². The molecule has 0 unspecified atom stereocenters. The van der Waals surface area contributed by atoms with Gasteiger partial charge in [0, 0.05) is 16.1 Å². The number of halogens is 2. The monoisotopic (exact) mass is 310 g/mol. The molecule has 0 heterocycles. The van der Waals surface area contributed by atoms with Crippen molar-refractivity contribution < 1.29 is 13.9 Å². The van der Waals surface area contributed by atoms with Gasteiger partial charge in [-0.3, -0.25) is 0 Å². The van der Waals surface area contributed by atoms with E-state index in [0.29, 0.717) is 22.6 Å². The summed E-state index contributed by atoms with van der Waals surface area (Å²) >= 11 is 3.34. The van der Waals surface area contributed by atoms with Crippen LogP contribution in [0.5, 0.6) is 11.5 Å². The number of ether oxygens (including phenoxy) is 2. The minimum Gasteiger partial charge on any atom is -0.497 e. The number of hydrogen-bond acceptors (Lipinski definition) is 2. The van der Waals surface area contributed by atoms with Gasteiger partial charge in [-0.2, -0.15) is 0 Å². The van der Waals surface area contributed by atoms with Gasteiger partial charge in [0.05, 0.1) is 14.2 Å². The third-order valence-electron chi connectivity index (χ3n) is 2.59. The van der Waals surface area contributed by atoms with E-state index in [9.17, 15) is 4.39 Å². The Balaban J connectivity index is 2.58. The molecule has 0 aliphatic heterocycles. The smallest absolute Gasteiger partial charge is 0.131 e. The van der Waals surface area contributed by atoms with E-state index >= 15 is 0 Å². The van der Waals surface area contributed by atoms with Crippen molar-refractivity contribution in [2.75, 3.05) is 14.2 Å². The van der Waals surface area contributed by atoms with Crippen LogP contribution in [-0.2, 0) is 0 Å². The molecule has 0 N–H and O–H groups in total. The first-order valence-corrected chi connectivity index (χ1v) is 6.12. The zero-order valence-corrected chi connectivity index (χ0v) is 11.6. The van der Waals surface area contributed by atoms with Gasteiger partial charge in [-0.05, 0) is 35.9 Å². The van der Waals surface area contributed by atoms with Gasteiger partial charge < -0.3 is 9.47 Å². The molecule has 0 spiro atoms. The van der Waals surface area contributed by atoms with Crippen LogP contribution in [-0.4, -0.2) is 14.2 Å². The van der Waals surface area contributed by atoms with E-state index < -0.39 is 0 Å². The number of rotatable bonds is 3. The summed E-state index contributed by atoms with van der Waals surface area (Å²) in [7, 11) is 3.13. The van der Waals surface area contributed by atoms with Crippen molar-refractivity contribution in [3.8, 4) is 22.6 Å². The van der Waals surface area contributed by atoms with Gasteiger partial charge in [0.25, 0.3) is 0 Å². The molecule has 0 saturated carbocycles. The van der Waals surface area contributed by atoms with Crippen LogP contribution >= 0.6 is 15.9 Å². The van der Waals surface area contributed by atoms with Crippen molar-refractivity contribution in [1.82, 2.24) is 0 Å². The van der Waals surface area contributed by atoms with Crippen molar-refractivity contribution in [3.63, 3.8) is 0 Å². The van der Waals surface area contributed by atoms with E-state index in [1.54, 1.807) is 44.6 Å². The predicted molar refractivity (Wildman–Crippen MR) is 72.6 cm³/mol. The third-order valence-corrected chi connectivity index (χ3v) is 3.08. The molecular weight excluding hydrogens is 299 g/mol. The van der Waals surface area contributed by atoms with Crippen LogP contribution in [0.2, 0.25) is 0 Å². The Labute approximate surface area is 113 Å². The first-order valence-electron chi connectivity index (χ1n) is 5.32. The maximum absolute atomic E-state index is 13.8. The fourth-order valence-electron chi connectivity index (χ4n) is 1.68. The molecule has 0 amide bonds. The zero-order chi connectivity index (χ0) is 13.1. The van der Waals surface area contributed by atoms with Crippen LogP contribution in [0.15, 0.2) is 40.9 Å². The largest absolute Gasteiger partial charge is 0.497 e. The van der Waals surface area contributed by atoms with Crippen molar-refractivity contribution in [2.24, 2.45) is 0 Å². The molecule has 0 atom stereocenters. The van der Waals surface area contributed by atoms with E-state index in [4.69, 9.17) is 9.47 Å². The predicted octanol–water partition coefficient (Wildman–Crippen LogP) is 4.27. The summed E-state index contributed by atoms with van der Waals surface area (Å²) in [4.78, 5) is 0. The Kier molecular flexibility index (Phi) is 3.87. The van der Waals surface area contributed by atoms with Crippen LogP contribution in [0.1, 0.15) is 0 Å². The summed E-state index contributed by atoms with van der Waals surface area (Å²) in [5.74, 6) is 0.973. The van der Waals surface area contributed by atoms with Crippen LogP contribution in [0.25, 0.3) is 11.1 Å². The summed E-state index contributed by atoms with van der Waals surface area (Å²) in [5, 5.41) is 0. The van der Waals surface area contributed by atoms with Gasteiger partial charge in [-0.25, -0.2) is 4.39 Å². The molecule has 4 heteroatoms. The fourth-order valence-corrected chi connectivity index (χ4v) is 2.04. The molecule has 2 rings (SSSR count). The first kappa shape index (κ1) is 12.9. The molecule has 0 aliphatic rings. The van der Waals surface area contributed by atoms with Gasteiger partial charge in [0.15, 0.2) is 0 Å². The first-order chi connectivity index (χ1) is 8.63. The highest BCUT2D eigenvalue weighted by atomic mass is 79.9. The molecule has 2 aromatic carbocycles. The summed E-state index contributed by atoms with van der Waals surface area (Å²) in [6.45, 7) is 0. The quantitative estimate of drug-likeness (QED) is 0.842. The van der Waals surface area contributed by atoms with Crippen LogP contribution in [0.3, 0.4) is 0 Å². The minimum atomic E-state index is -0.284. The molecule has 0 bridgehead atoms. The molecule has 2 nitrogen and oxygen atoms in total. The average molecular weight is 311 g/mol. The highest BCUT2D eigenvalue weighted by Gasteiger charge is 2.09. The Hall–Kier alpha value is -1.55. The fraction of sp³-hybridized carbons (Fsp3) is 0.143. The molecule has 0 fully saturated rings. The maximum Gasteiger partial charge on any atom is 0.131 e. The highest BCUT2D eigenvalue weighted by Crippen LogP contribution is 2.32. The van der Waals surface area contributed by atoms with E-state index in [2.05, 4.69) is 15.9 Å². The molecular formula is C14H12BrFO2. The number of hydrogen-bond donors (Lipinski definition) is 0.